The number of aromatic nitrogens is 1. The number of ether oxygens (including phenoxy) is 1. The van der Waals surface area contributed by atoms with E-state index < -0.39 is 6.04 Å². The van der Waals surface area contributed by atoms with Gasteiger partial charge in [0.05, 0.1) is 0 Å². The molecule has 2 aromatic carbocycles. The van der Waals surface area contributed by atoms with Gasteiger partial charge < -0.3 is 4.74 Å². The number of rotatable bonds is 7. The standard InChI is InChI=1S/C29H30ClN3O3/c1-20-15-22(5-6-26(20)30)18-32-13-9-25(10-14-32)33-27(19-36-29(33)35)28(34)17-21-3-2-4-24(16-21)23-7-11-31-12-8-23/h2-8,11-12,15-16,25,27H,9-10,13-14,17-19H2,1H3/t27-/m1/s1. The van der Waals surface area contributed by atoms with Gasteiger partial charge >= 0.3 is 6.09 Å². The van der Waals surface area contributed by atoms with Crippen molar-refractivity contribution in [3.05, 3.63) is 88.7 Å². The molecule has 36 heavy (non-hydrogen) atoms. The molecule has 186 valence electrons. The second-order valence-corrected chi connectivity index (χ2v) is 10.1. The highest BCUT2D eigenvalue weighted by molar-refractivity contribution is 6.31. The lowest BCUT2D eigenvalue weighted by Crippen LogP contribution is -2.51. The Morgan fingerprint density at radius 1 is 1.03 bits per heavy atom. The van der Waals surface area contributed by atoms with Crippen molar-refractivity contribution < 1.29 is 14.3 Å². The van der Waals surface area contributed by atoms with Crippen LogP contribution >= 0.6 is 11.6 Å². The number of ketones is 1. The molecule has 1 amide bonds. The number of amides is 1. The Labute approximate surface area is 216 Å². The number of hydrogen-bond acceptors (Lipinski definition) is 5. The Morgan fingerprint density at radius 2 is 1.81 bits per heavy atom. The fourth-order valence-electron chi connectivity index (χ4n) is 5.23. The average Bonchev–Trinajstić information content (AvgIpc) is 3.29. The van der Waals surface area contributed by atoms with Crippen LogP contribution in [0.2, 0.25) is 5.02 Å². The molecule has 0 N–H and O–H groups in total. The van der Waals surface area contributed by atoms with Crippen molar-refractivity contribution in [3.8, 4) is 11.1 Å². The summed E-state index contributed by atoms with van der Waals surface area (Å²) in [6.45, 7) is 4.73. The number of pyridine rings is 1. The molecular formula is C29H30ClN3O3. The monoisotopic (exact) mass is 503 g/mol. The summed E-state index contributed by atoms with van der Waals surface area (Å²) in [5, 5.41) is 0.782. The zero-order chi connectivity index (χ0) is 25.1. The molecule has 0 aliphatic carbocycles. The first kappa shape index (κ1) is 24.5. The minimum absolute atomic E-state index is 0.0142. The molecule has 1 atom stereocenters. The molecule has 5 rings (SSSR count). The second-order valence-electron chi connectivity index (χ2n) is 9.67. The summed E-state index contributed by atoms with van der Waals surface area (Å²) in [5.74, 6) is 0.0202. The number of hydrogen-bond donors (Lipinski definition) is 0. The summed E-state index contributed by atoms with van der Waals surface area (Å²) in [6.07, 6.45) is 5.06. The van der Waals surface area contributed by atoms with Gasteiger partial charge in [-0.15, -0.1) is 0 Å². The van der Waals surface area contributed by atoms with Gasteiger partial charge in [-0.25, -0.2) is 4.79 Å². The first-order chi connectivity index (χ1) is 17.5. The second kappa shape index (κ2) is 10.8. The van der Waals surface area contributed by atoms with Gasteiger partial charge in [-0.2, -0.15) is 0 Å². The van der Waals surface area contributed by atoms with Crippen LogP contribution < -0.4 is 0 Å². The molecule has 0 unspecified atom stereocenters. The summed E-state index contributed by atoms with van der Waals surface area (Å²) in [6, 6.07) is 17.5. The Morgan fingerprint density at radius 3 is 2.56 bits per heavy atom. The lowest BCUT2D eigenvalue weighted by atomic mass is 9.96. The highest BCUT2D eigenvalue weighted by atomic mass is 35.5. The lowest BCUT2D eigenvalue weighted by Gasteiger charge is -2.37. The van der Waals surface area contributed by atoms with E-state index in [1.807, 2.05) is 49.4 Å². The molecule has 3 aromatic rings. The molecule has 1 aromatic heterocycles. The maximum Gasteiger partial charge on any atom is 0.410 e. The third kappa shape index (κ3) is 5.45. The van der Waals surface area contributed by atoms with Gasteiger partial charge in [0, 0.05) is 49.5 Å². The Balaban J connectivity index is 1.21. The minimum Gasteiger partial charge on any atom is -0.447 e. The van der Waals surface area contributed by atoms with Gasteiger partial charge in [-0.3, -0.25) is 19.6 Å². The SMILES string of the molecule is Cc1cc(CN2CCC(N3C(=O)OC[C@@H]3C(=O)Cc3cccc(-c4ccncc4)c3)CC2)ccc1Cl. The van der Waals surface area contributed by atoms with Gasteiger partial charge in [0.2, 0.25) is 0 Å². The number of halogens is 1. The van der Waals surface area contributed by atoms with E-state index >= 15 is 0 Å². The molecule has 0 bridgehead atoms. The molecule has 3 heterocycles. The highest BCUT2D eigenvalue weighted by Crippen LogP contribution is 2.27. The van der Waals surface area contributed by atoms with Crippen LogP contribution in [0.15, 0.2) is 67.0 Å². The summed E-state index contributed by atoms with van der Waals surface area (Å²) >= 11 is 6.16. The third-order valence-electron chi connectivity index (χ3n) is 7.18. The van der Waals surface area contributed by atoms with Crippen LogP contribution in [0.25, 0.3) is 11.1 Å². The van der Waals surface area contributed by atoms with Gasteiger partial charge in [0.15, 0.2) is 5.78 Å². The quantitative estimate of drug-likeness (QED) is 0.437. The maximum atomic E-state index is 13.3. The maximum absolute atomic E-state index is 13.3. The number of cyclic esters (lactones) is 1. The lowest BCUT2D eigenvalue weighted by molar-refractivity contribution is -0.122. The van der Waals surface area contributed by atoms with Crippen LogP contribution in [0, 0.1) is 6.92 Å². The van der Waals surface area contributed by atoms with Crippen LogP contribution in [0.4, 0.5) is 4.79 Å². The largest absolute Gasteiger partial charge is 0.447 e. The molecule has 2 fully saturated rings. The van der Waals surface area contributed by atoms with E-state index in [9.17, 15) is 9.59 Å². The number of benzene rings is 2. The molecule has 2 aliphatic rings. The molecular weight excluding hydrogens is 474 g/mol. The summed E-state index contributed by atoms with van der Waals surface area (Å²) < 4.78 is 5.36. The molecule has 2 aliphatic heterocycles. The highest BCUT2D eigenvalue weighted by Gasteiger charge is 2.42. The Kier molecular flexibility index (Phi) is 7.35. The van der Waals surface area contributed by atoms with Gasteiger partial charge in [0.25, 0.3) is 0 Å². The number of carbonyl (C=O) groups excluding carboxylic acids is 2. The van der Waals surface area contributed by atoms with Crippen LogP contribution in [-0.4, -0.2) is 58.4 Å². The normalized spacial score (nSPS) is 18.9. The number of likely N-dealkylation sites (tertiary alicyclic amines) is 1. The van der Waals surface area contributed by atoms with Gasteiger partial charge in [0.1, 0.15) is 12.6 Å². The van der Waals surface area contributed by atoms with E-state index in [2.05, 4.69) is 22.0 Å². The molecule has 6 nitrogen and oxygen atoms in total. The van der Waals surface area contributed by atoms with Crippen molar-refractivity contribution >= 4 is 23.5 Å². The molecule has 2 saturated heterocycles. The zero-order valence-electron chi connectivity index (χ0n) is 20.4. The van der Waals surface area contributed by atoms with Crippen LogP contribution in [0.1, 0.15) is 29.5 Å². The fourth-order valence-corrected chi connectivity index (χ4v) is 5.34. The predicted octanol–water partition coefficient (Wildman–Crippen LogP) is 5.31. The van der Waals surface area contributed by atoms with Gasteiger partial charge in [-0.1, -0.05) is 48.0 Å². The molecule has 7 heteroatoms. The summed E-state index contributed by atoms with van der Waals surface area (Å²) in [5.41, 5.74) is 5.35. The zero-order valence-corrected chi connectivity index (χ0v) is 21.2. The smallest absolute Gasteiger partial charge is 0.410 e. The first-order valence-electron chi connectivity index (χ1n) is 12.4. The van der Waals surface area contributed by atoms with E-state index in [1.54, 1.807) is 17.3 Å². The number of aryl methyl sites for hydroxylation is 1. The van der Waals surface area contributed by atoms with Crippen molar-refractivity contribution in [1.29, 1.82) is 0 Å². The third-order valence-corrected chi connectivity index (χ3v) is 7.61. The van der Waals surface area contributed by atoms with Crippen molar-refractivity contribution in [2.75, 3.05) is 19.7 Å². The predicted molar refractivity (Wildman–Crippen MR) is 140 cm³/mol. The van der Waals surface area contributed by atoms with Gasteiger partial charge in [-0.05, 0) is 65.8 Å². The fraction of sp³-hybridized carbons (Fsp3) is 0.345. The van der Waals surface area contributed by atoms with E-state index in [0.29, 0.717) is 0 Å². The number of carbonyl (C=O) groups is 2. The van der Waals surface area contributed by atoms with Crippen LogP contribution in [0.5, 0.6) is 0 Å². The topological polar surface area (TPSA) is 62.7 Å². The van der Waals surface area contributed by atoms with Crippen molar-refractivity contribution in [3.63, 3.8) is 0 Å². The number of nitrogens with zero attached hydrogens (tertiary/aromatic N) is 3. The molecule has 0 spiro atoms. The van der Waals surface area contributed by atoms with E-state index in [-0.39, 0.29) is 30.9 Å². The minimum atomic E-state index is -0.530. The van der Waals surface area contributed by atoms with Crippen LogP contribution in [0.3, 0.4) is 0 Å². The van der Waals surface area contributed by atoms with E-state index in [0.717, 1.165) is 59.8 Å². The Hall–Kier alpha value is -3.22. The number of piperidine rings is 1. The van der Waals surface area contributed by atoms with Crippen molar-refractivity contribution in [1.82, 2.24) is 14.8 Å². The van der Waals surface area contributed by atoms with E-state index in [1.165, 1.54) is 5.56 Å². The van der Waals surface area contributed by atoms with E-state index in [4.69, 9.17) is 16.3 Å². The number of Topliss-reactive ketones (excluding diaryl/α,β-unsaturated/α-hetero) is 1. The Bertz CT molecular complexity index is 1240. The van der Waals surface area contributed by atoms with Crippen LogP contribution in [-0.2, 0) is 22.5 Å². The average molecular weight is 504 g/mol. The first-order valence-corrected chi connectivity index (χ1v) is 12.8. The summed E-state index contributed by atoms with van der Waals surface area (Å²) in [7, 11) is 0. The molecule has 0 radical (unpaired) electrons. The molecule has 0 saturated carbocycles. The van der Waals surface area contributed by atoms with Crippen molar-refractivity contribution in [2.45, 2.75) is 44.8 Å². The van der Waals surface area contributed by atoms with Crippen molar-refractivity contribution in [2.24, 2.45) is 0 Å². The summed E-state index contributed by atoms with van der Waals surface area (Å²) in [4.78, 5) is 34.1.